The lowest BCUT2D eigenvalue weighted by Crippen LogP contribution is -2.50. The first-order chi connectivity index (χ1) is 22.7. The first-order valence-corrected chi connectivity index (χ1v) is 18.2. The van der Waals surface area contributed by atoms with Crippen LogP contribution in [0.2, 0.25) is 0 Å². The zero-order valence-electron chi connectivity index (χ0n) is 27.4. The third kappa shape index (κ3) is 7.23. The molecule has 0 unspecified atom stereocenters. The molecule has 9 heteroatoms. The Morgan fingerprint density at radius 2 is 1.98 bits per heavy atom. The number of rotatable bonds is 7. The number of anilines is 1. The van der Waals surface area contributed by atoms with Crippen LogP contribution in [0, 0.1) is 46.9 Å². The predicted molar refractivity (Wildman–Crippen MR) is 193 cm³/mol. The summed E-state index contributed by atoms with van der Waals surface area (Å²) in [6.07, 6.45) is 6.56. The number of Topliss-reactive ketones (excluding diaryl/α,β-unsaturated/α-hetero) is 1. The topological polar surface area (TPSA) is 120 Å². The first kappa shape index (κ1) is 33.2. The lowest BCUT2D eigenvalue weighted by atomic mass is 9.58. The minimum Gasteiger partial charge on any atom is -0.508 e. The van der Waals surface area contributed by atoms with Gasteiger partial charge in [0, 0.05) is 47.8 Å². The molecule has 2 aromatic heterocycles. The fourth-order valence-corrected chi connectivity index (χ4v) is 10.1. The second-order valence-corrected chi connectivity index (χ2v) is 15.6. The van der Waals surface area contributed by atoms with E-state index in [-0.39, 0.29) is 34.8 Å². The summed E-state index contributed by atoms with van der Waals surface area (Å²) in [7, 11) is 1.68. The standard InChI is InChI=1S/C38H44N4O3S2/c1-4-6-28-10-12-33(46-28)34-13-14-35(47-34)36(45)30-11-9-25-21-38(30)16-15-24(20-38)7-5-8-29-26(18-31(25)42-37(39)40-3)17-27(44)19-32(29)41-22-23(2)43/h10,12-14,17,19,23-25,30-31,41,43-44H,7,9,11,15-16,18,20-22H2,1-3H3,(H3,39,40,42)/t23-,24-,25+,30-,31-,38+/m0/s1. The number of nitrogens with one attached hydrogen (secondary N) is 2. The van der Waals surface area contributed by atoms with Crippen LogP contribution in [-0.4, -0.2) is 47.7 Å². The van der Waals surface area contributed by atoms with Crippen molar-refractivity contribution in [2.45, 2.75) is 77.4 Å². The van der Waals surface area contributed by atoms with Gasteiger partial charge in [-0.2, -0.15) is 0 Å². The zero-order valence-corrected chi connectivity index (χ0v) is 29.0. The Bertz CT molecular complexity index is 1780. The maximum absolute atomic E-state index is 14.4. The van der Waals surface area contributed by atoms with Crippen molar-refractivity contribution in [2.75, 3.05) is 18.9 Å². The monoisotopic (exact) mass is 668 g/mol. The molecule has 246 valence electrons. The minimum absolute atomic E-state index is 0.0264. The molecule has 0 amide bonds. The predicted octanol–water partition coefficient (Wildman–Crippen LogP) is 6.63. The van der Waals surface area contributed by atoms with Gasteiger partial charge in [0.05, 0.1) is 27.1 Å². The smallest absolute Gasteiger partial charge is 0.188 e. The third-order valence-electron chi connectivity index (χ3n) is 10.2. The van der Waals surface area contributed by atoms with E-state index in [1.165, 1.54) is 0 Å². The highest BCUT2D eigenvalue weighted by Crippen LogP contribution is 2.58. The number of aliphatic hydroxyl groups excluding tert-OH is 1. The van der Waals surface area contributed by atoms with E-state index in [9.17, 15) is 15.0 Å². The van der Waals surface area contributed by atoms with Crippen molar-refractivity contribution in [1.29, 1.82) is 0 Å². The lowest BCUT2D eigenvalue weighted by molar-refractivity contribution is 0.0390. The van der Waals surface area contributed by atoms with Crippen molar-refractivity contribution in [2.24, 2.45) is 33.9 Å². The van der Waals surface area contributed by atoms with Crippen molar-refractivity contribution < 1.29 is 15.0 Å². The summed E-state index contributed by atoms with van der Waals surface area (Å²) in [4.78, 5) is 22.8. The molecule has 47 heavy (non-hydrogen) atoms. The summed E-state index contributed by atoms with van der Waals surface area (Å²) in [6, 6.07) is 11.7. The Labute approximate surface area is 286 Å². The number of aromatic hydroxyl groups is 1. The average molecular weight is 669 g/mol. The summed E-state index contributed by atoms with van der Waals surface area (Å²) in [5.41, 5.74) is 8.72. The SMILES string of the molecule is CC#Cc1ccc(-c2ccc(C(=O)[C@@H]3CC[C@@H]4C[C@]35CC[C@H](CC#Cc3c(cc(O)cc3NC[C@H](C)O)C[C@@H]4NC(N)=NC)C5)s2)s1. The number of carbonyl (C=O) groups excluding carboxylic acids is 1. The number of guanidine groups is 1. The van der Waals surface area contributed by atoms with Crippen molar-refractivity contribution in [3.63, 3.8) is 0 Å². The van der Waals surface area contributed by atoms with Crippen LogP contribution in [0.4, 0.5) is 5.69 Å². The molecule has 6 atom stereocenters. The number of thiophene rings is 2. The van der Waals surface area contributed by atoms with E-state index in [0.717, 1.165) is 81.3 Å². The van der Waals surface area contributed by atoms with E-state index in [1.54, 1.807) is 48.8 Å². The van der Waals surface area contributed by atoms with Crippen molar-refractivity contribution in [1.82, 2.24) is 5.32 Å². The second-order valence-electron chi connectivity index (χ2n) is 13.5. The molecule has 3 aliphatic rings. The van der Waals surface area contributed by atoms with Crippen molar-refractivity contribution >= 4 is 40.1 Å². The maximum Gasteiger partial charge on any atom is 0.188 e. The molecule has 0 saturated heterocycles. The van der Waals surface area contributed by atoms with E-state index in [4.69, 9.17) is 5.73 Å². The van der Waals surface area contributed by atoms with Crippen LogP contribution in [0.1, 0.15) is 84.5 Å². The maximum atomic E-state index is 14.4. The number of hydrogen-bond acceptors (Lipinski definition) is 7. The van der Waals surface area contributed by atoms with Gasteiger partial charge in [0.1, 0.15) is 5.75 Å². The van der Waals surface area contributed by atoms with Crippen molar-refractivity contribution in [3.8, 4) is 39.2 Å². The number of fused-ring (bicyclic) bond motifs is 3. The molecule has 3 aliphatic carbocycles. The third-order valence-corrected chi connectivity index (χ3v) is 12.5. The largest absolute Gasteiger partial charge is 0.508 e. The van der Waals surface area contributed by atoms with Gasteiger partial charge in [0.2, 0.25) is 0 Å². The van der Waals surface area contributed by atoms with Crippen LogP contribution in [0.15, 0.2) is 41.4 Å². The molecule has 2 fully saturated rings. The van der Waals surface area contributed by atoms with Crippen LogP contribution in [-0.2, 0) is 6.42 Å². The highest BCUT2D eigenvalue weighted by molar-refractivity contribution is 7.23. The molecule has 3 bridgehead atoms. The summed E-state index contributed by atoms with van der Waals surface area (Å²) < 4.78 is 0. The number of phenolic OH excluding ortho intramolecular Hbond substituents is 1. The first-order valence-electron chi connectivity index (χ1n) is 16.6. The van der Waals surface area contributed by atoms with E-state index in [1.807, 2.05) is 13.0 Å². The number of phenols is 1. The molecule has 7 nitrogen and oxygen atoms in total. The number of nitrogens with two attached hydrogens (primary N) is 1. The number of aliphatic hydroxyl groups is 1. The molecule has 1 spiro atoms. The molecule has 1 aromatic carbocycles. The van der Waals surface area contributed by atoms with Crippen LogP contribution in [0.25, 0.3) is 9.75 Å². The Morgan fingerprint density at radius 1 is 1.17 bits per heavy atom. The van der Waals surface area contributed by atoms with Gasteiger partial charge in [-0.05, 0) is 112 Å². The van der Waals surface area contributed by atoms with Crippen LogP contribution < -0.4 is 16.4 Å². The number of carbonyl (C=O) groups is 1. The van der Waals surface area contributed by atoms with Gasteiger partial charge in [-0.1, -0.05) is 17.8 Å². The molecular weight excluding hydrogens is 625 g/mol. The van der Waals surface area contributed by atoms with Gasteiger partial charge in [0.15, 0.2) is 11.7 Å². The van der Waals surface area contributed by atoms with Gasteiger partial charge in [-0.3, -0.25) is 9.79 Å². The van der Waals surface area contributed by atoms with E-state index in [2.05, 4.69) is 57.5 Å². The fraction of sp³-hybridized carbons (Fsp3) is 0.474. The molecule has 6 rings (SSSR count). The Morgan fingerprint density at radius 3 is 2.77 bits per heavy atom. The van der Waals surface area contributed by atoms with E-state index >= 15 is 0 Å². The second kappa shape index (κ2) is 14.2. The van der Waals surface area contributed by atoms with Gasteiger partial charge in [0.25, 0.3) is 0 Å². The average Bonchev–Trinajstić information content (AvgIpc) is 3.81. The highest BCUT2D eigenvalue weighted by Gasteiger charge is 2.52. The summed E-state index contributed by atoms with van der Waals surface area (Å²) in [5.74, 6) is 14.5. The summed E-state index contributed by atoms with van der Waals surface area (Å²) in [6.45, 7) is 3.93. The number of nitrogens with zero attached hydrogens (tertiary/aromatic N) is 1. The minimum atomic E-state index is -0.545. The normalized spacial score (nSPS) is 25.9. The Kier molecular flexibility index (Phi) is 9.98. The molecule has 0 radical (unpaired) electrons. The van der Waals surface area contributed by atoms with Crippen LogP contribution >= 0.6 is 22.7 Å². The number of hydrogen-bond donors (Lipinski definition) is 5. The molecular formula is C38H44N4O3S2. The fourth-order valence-electron chi connectivity index (χ4n) is 8.09. The summed E-state index contributed by atoms with van der Waals surface area (Å²) in [5, 5.41) is 27.5. The lowest BCUT2D eigenvalue weighted by Gasteiger charge is -2.47. The molecule has 2 heterocycles. The Balaban J connectivity index is 1.33. The van der Waals surface area contributed by atoms with E-state index in [0.29, 0.717) is 24.8 Å². The number of benzene rings is 1. The van der Waals surface area contributed by atoms with Crippen molar-refractivity contribution in [3.05, 3.63) is 57.3 Å². The van der Waals surface area contributed by atoms with Gasteiger partial charge >= 0.3 is 0 Å². The quantitative estimate of drug-likeness (QED) is 0.0835. The summed E-state index contributed by atoms with van der Waals surface area (Å²) >= 11 is 3.28. The molecule has 3 aromatic rings. The van der Waals surface area contributed by atoms with Gasteiger partial charge in [-0.25, -0.2) is 0 Å². The molecule has 6 N–H and O–H groups in total. The highest BCUT2D eigenvalue weighted by atomic mass is 32.1. The van der Waals surface area contributed by atoms with E-state index < -0.39 is 6.10 Å². The zero-order chi connectivity index (χ0) is 33.1. The van der Waals surface area contributed by atoms with Gasteiger partial charge < -0.3 is 26.6 Å². The Hall–Kier alpha value is -3.76. The van der Waals surface area contributed by atoms with Crippen LogP contribution in [0.5, 0.6) is 5.75 Å². The number of ketones is 1. The van der Waals surface area contributed by atoms with Crippen LogP contribution in [0.3, 0.4) is 0 Å². The molecule has 2 saturated carbocycles. The van der Waals surface area contributed by atoms with Gasteiger partial charge in [-0.15, -0.1) is 28.6 Å². The molecule has 0 aliphatic heterocycles. The number of aliphatic imine (C=N–C) groups is 1.